The summed E-state index contributed by atoms with van der Waals surface area (Å²) in [6.07, 6.45) is 1.32. The SMILES string of the molecule is C=CC(=O)Nc1cc2nc(N3CCCC(F)C3)n(C)c2cc1C(O)(O)O. The van der Waals surface area contributed by atoms with Crippen LogP contribution in [0.1, 0.15) is 18.4 Å². The molecule has 2 heterocycles. The summed E-state index contributed by atoms with van der Waals surface area (Å²) in [5.74, 6) is -3.21. The molecular formula is C17H21FN4O4. The number of aryl methyl sites for hydroxylation is 1. The van der Waals surface area contributed by atoms with Crippen molar-refractivity contribution in [2.24, 2.45) is 7.05 Å². The van der Waals surface area contributed by atoms with Crippen LogP contribution in [-0.2, 0) is 17.8 Å². The number of imidazole rings is 1. The molecule has 1 atom stereocenters. The highest BCUT2D eigenvalue weighted by atomic mass is 19.1. The van der Waals surface area contributed by atoms with Crippen LogP contribution in [0.3, 0.4) is 0 Å². The highest BCUT2D eigenvalue weighted by Crippen LogP contribution is 2.32. The zero-order valence-corrected chi connectivity index (χ0v) is 14.3. The average Bonchev–Trinajstić information content (AvgIpc) is 2.89. The van der Waals surface area contributed by atoms with E-state index in [2.05, 4.69) is 16.9 Å². The van der Waals surface area contributed by atoms with E-state index in [4.69, 9.17) is 0 Å². The van der Waals surface area contributed by atoms with Gasteiger partial charge < -0.3 is 30.1 Å². The van der Waals surface area contributed by atoms with E-state index in [0.717, 1.165) is 6.08 Å². The van der Waals surface area contributed by atoms with Crippen LogP contribution in [-0.4, -0.2) is 50.0 Å². The van der Waals surface area contributed by atoms with Crippen LogP contribution in [0.5, 0.6) is 0 Å². The minimum absolute atomic E-state index is 0.0124. The van der Waals surface area contributed by atoms with Crippen LogP contribution in [0, 0.1) is 0 Å². The van der Waals surface area contributed by atoms with E-state index in [0.29, 0.717) is 36.4 Å². The van der Waals surface area contributed by atoms with Crippen molar-refractivity contribution in [3.8, 4) is 0 Å². The highest BCUT2D eigenvalue weighted by Gasteiger charge is 2.29. The summed E-state index contributed by atoms with van der Waals surface area (Å²) in [5.41, 5.74) is 0.628. The number of anilines is 2. The molecule has 1 amide bonds. The Labute approximate surface area is 149 Å². The zero-order valence-electron chi connectivity index (χ0n) is 14.3. The molecule has 1 aliphatic heterocycles. The maximum absolute atomic E-state index is 13.7. The average molecular weight is 364 g/mol. The predicted octanol–water partition coefficient (Wildman–Crippen LogP) is 0.723. The van der Waals surface area contributed by atoms with Crippen LogP contribution < -0.4 is 10.2 Å². The van der Waals surface area contributed by atoms with Crippen molar-refractivity contribution in [1.82, 2.24) is 9.55 Å². The fourth-order valence-electron chi connectivity index (χ4n) is 3.18. The number of halogens is 1. The topological polar surface area (TPSA) is 111 Å². The molecule has 1 saturated heterocycles. The number of rotatable bonds is 4. The van der Waals surface area contributed by atoms with E-state index in [9.17, 15) is 24.5 Å². The van der Waals surface area contributed by atoms with Gasteiger partial charge in [0.15, 0.2) is 0 Å². The molecule has 1 aromatic carbocycles. The van der Waals surface area contributed by atoms with E-state index >= 15 is 0 Å². The Hall–Kier alpha value is -2.49. The lowest BCUT2D eigenvalue weighted by molar-refractivity contribution is -0.323. The molecule has 1 unspecified atom stereocenters. The lowest BCUT2D eigenvalue weighted by atomic mass is 10.1. The number of aliphatic hydroxyl groups is 3. The van der Waals surface area contributed by atoms with Crippen molar-refractivity contribution in [2.45, 2.75) is 25.0 Å². The van der Waals surface area contributed by atoms with Crippen LogP contribution in [0.15, 0.2) is 24.8 Å². The molecule has 0 bridgehead atoms. The number of hydrogen-bond acceptors (Lipinski definition) is 6. The summed E-state index contributed by atoms with van der Waals surface area (Å²) >= 11 is 0. The Bertz CT molecular complexity index is 859. The summed E-state index contributed by atoms with van der Waals surface area (Å²) in [5, 5.41) is 31.3. The molecule has 1 aliphatic rings. The van der Waals surface area contributed by atoms with Gasteiger partial charge in [0.1, 0.15) is 6.17 Å². The van der Waals surface area contributed by atoms with Crippen LogP contribution in [0.25, 0.3) is 11.0 Å². The first-order valence-corrected chi connectivity index (χ1v) is 8.21. The van der Waals surface area contributed by atoms with E-state index in [1.54, 1.807) is 11.6 Å². The summed E-state index contributed by atoms with van der Waals surface area (Å²) in [6, 6.07) is 2.74. The molecule has 3 rings (SSSR count). The van der Waals surface area contributed by atoms with E-state index in [1.165, 1.54) is 12.1 Å². The van der Waals surface area contributed by atoms with Crippen LogP contribution in [0.4, 0.5) is 16.0 Å². The third-order valence-electron chi connectivity index (χ3n) is 4.45. The van der Waals surface area contributed by atoms with Gasteiger partial charge in [0.25, 0.3) is 0 Å². The highest BCUT2D eigenvalue weighted by molar-refractivity contribution is 6.01. The second-order valence-corrected chi connectivity index (χ2v) is 6.37. The molecule has 1 aromatic heterocycles. The Morgan fingerprint density at radius 1 is 1.46 bits per heavy atom. The molecule has 0 aliphatic carbocycles. The number of alkyl halides is 1. The van der Waals surface area contributed by atoms with Gasteiger partial charge in [-0.05, 0) is 31.1 Å². The number of aromatic nitrogens is 2. The van der Waals surface area contributed by atoms with Crippen molar-refractivity contribution in [1.29, 1.82) is 0 Å². The zero-order chi connectivity index (χ0) is 19.1. The summed E-state index contributed by atoms with van der Waals surface area (Å²) in [7, 11) is 1.71. The number of nitrogens with zero attached hydrogens (tertiary/aromatic N) is 3. The first-order valence-electron chi connectivity index (χ1n) is 8.21. The number of fused-ring (bicyclic) bond motifs is 1. The lowest BCUT2D eigenvalue weighted by Crippen LogP contribution is -2.37. The Kier molecular flexibility index (Phi) is 4.70. The number of carbonyl (C=O) groups is 1. The molecule has 140 valence electrons. The Morgan fingerprint density at radius 3 is 2.81 bits per heavy atom. The molecule has 9 heteroatoms. The molecule has 2 aromatic rings. The van der Waals surface area contributed by atoms with Crippen molar-refractivity contribution in [3.05, 3.63) is 30.4 Å². The van der Waals surface area contributed by atoms with Crippen LogP contribution >= 0.6 is 0 Å². The van der Waals surface area contributed by atoms with Gasteiger partial charge in [-0.2, -0.15) is 0 Å². The van der Waals surface area contributed by atoms with E-state index < -0.39 is 18.1 Å². The number of hydrogen-bond donors (Lipinski definition) is 4. The number of carbonyl (C=O) groups excluding carboxylic acids is 1. The number of nitrogens with one attached hydrogen (secondary N) is 1. The molecular weight excluding hydrogens is 343 g/mol. The molecule has 0 radical (unpaired) electrons. The molecule has 26 heavy (non-hydrogen) atoms. The van der Waals surface area contributed by atoms with Crippen molar-refractivity contribution < 1.29 is 24.5 Å². The first-order chi connectivity index (χ1) is 12.2. The minimum atomic E-state index is -3.16. The maximum atomic E-state index is 13.7. The number of benzene rings is 1. The lowest BCUT2D eigenvalue weighted by Gasteiger charge is -2.29. The predicted molar refractivity (Wildman–Crippen MR) is 94.2 cm³/mol. The summed E-state index contributed by atoms with van der Waals surface area (Å²) < 4.78 is 15.4. The molecule has 0 saturated carbocycles. The van der Waals surface area contributed by atoms with E-state index in [1.807, 2.05) is 4.90 Å². The van der Waals surface area contributed by atoms with Crippen molar-refractivity contribution in [2.75, 3.05) is 23.3 Å². The van der Waals surface area contributed by atoms with Gasteiger partial charge in [-0.3, -0.25) is 4.79 Å². The normalized spacial score (nSPS) is 18.2. The Morgan fingerprint density at radius 2 is 2.19 bits per heavy atom. The second-order valence-electron chi connectivity index (χ2n) is 6.37. The van der Waals surface area contributed by atoms with Crippen molar-refractivity contribution >= 4 is 28.6 Å². The third kappa shape index (κ3) is 3.41. The fraction of sp³-hybridized carbons (Fsp3) is 0.412. The van der Waals surface area contributed by atoms with Gasteiger partial charge in [-0.1, -0.05) is 6.58 Å². The van der Waals surface area contributed by atoms with E-state index in [-0.39, 0.29) is 17.8 Å². The first kappa shape index (κ1) is 18.3. The van der Waals surface area contributed by atoms with Gasteiger partial charge in [0, 0.05) is 13.6 Å². The molecule has 4 N–H and O–H groups in total. The molecule has 8 nitrogen and oxygen atoms in total. The van der Waals surface area contributed by atoms with Gasteiger partial charge in [-0.15, -0.1) is 0 Å². The maximum Gasteiger partial charge on any atom is 0.306 e. The molecule has 1 fully saturated rings. The van der Waals surface area contributed by atoms with Crippen LogP contribution in [0.2, 0.25) is 0 Å². The Balaban J connectivity index is 2.11. The monoisotopic (exact) mass is 364 g/mol. The minimum Gasteiger partial charge on any atom is -0.340 e. The van der Waals surface area contributed by atoms with Gasteiger partial charge in [0.2, 0.25) is 11.9 Å². The van der Waals surface area contributed by atoms with Gasteiger partial charge >= 0.3 is 5.97 Å². The largest absolute Gasteiger partial charge is 0.340 e. The quantitative estimate of drug-likeness (QED) is 0.470. The number of amides is 1. The third-order valence-corrected chi connectivity index (χ3v) is 4.45. The van der Waals surface area contributed by atoms with Gasteiger partial charge in [-0.25, -0.2) is 9.37 Å². The molecule has 0 spiro atoms. The fourth-order valence-corrected chi connectivity index (χ4v) is 3.18. The smallest absolute Gasteiger partial charge is 0.306 e. The number of piperidine rings is 1. The summed E-state index contributed by atoms with van der Waals surface area (Å²) in [6.45, 7) is 4.23. The van der Waals surface area contributed by atoms with Crippen molar-refractivity contribution in [3.63, 3.8) is 0 Å². The second kappa shape index (κ2) is 6.67. The van der Waals surface area contributed by atoms with Gasteiger partial charge in [0.05, 0.1) is 28.8 Å². The standard InChI is InChI=1S/C17H21FN4O4/c1-3-15(23)19-12-8-13-14(7-11(12)17(24,25)26)21(2)16(20-13)22-6-4-5-10(18)9-22/h3,7-8,10,24-26H,1,4-6,9H2,2H3,(H,19,23). The summed E-state index contributed by atoms with van der Waals surface area (Å²) in [4.78, 5) is 17.9.